The van der Waals surface area contributed by atoms with Crippen molar-refractivity contribution in [2.24, 2.45) is 5.92 Å². The molecule has 2 aliphatic heterocycles. The minimum Gasteiger partial charge on any atom is -0.488 e. The highest BCUT2D eigenvalue weighted by atomic mass is 32.2. The molecule has 5 rings (SSSR count). The van der Waals surface area contributed by atoms with Gasteiger partial charge in [0.15, 0.2) is 11.5 Å². The predicted molar refractivity (Wildman–Crippen MR) is 163 cm³/mol. The van der Waals surface area contributed by atoms with Crippen molar-refractivity contribution in [3.8, 4) is 17.2 Å². The molecule has 3 atom stereocenters. The number of fused-ring (bicyclic) bond motifs is 2. The Balaban J connectivity index is 1.38. The average Bonchev–Trinajstić information content (AvgIpc) is 3.49. The standard InChI is InChI=1S/C31H36N4O8S/c1-20-16-35(21(2)18-36)30(37)14-22-13-24(33-44(39,40)25-7-5-4-6-8-25)10-11-26(22)43-29(20)17-34(3)31(38)32-23-9-12-27-28(15-23)42-19-41-27/h4-13,15,20-21,29,33,36H,14,16-19H2,1-3H3,(H,32,38)/t20-,21+,29-/m1/s1. The number of hydrogen-bond acceptors (Lipinski definition) is 8. The number of sulfonamides is 1. The van der Waals surface area contributed by atoms with E-state index in [1.165, 1.54) is 17.0 Å². The number of rotatable bonds is 8. The Morgan fingerprint density at radius 2 is 1.75 bits per heavy atom. The van der Waals surface area contributed by atoms with Gasteiger partial charge in [-0.1, -0.05) is 25.1 Å². The lowest BCUT2D eigenvalue weighted by atomic mass is 10.0. The van der Waals surface area contributed by atoms with E-state index in [9.17, 15) is 23.1 Å². The van der Waals surface area contributed by atoms with E-state index in [1.807, 2.05) is 6.92 Å². The van der Waals surface area contributed by atoms with Crippen molar-refractivity contribution in [2.45, 2.75) is 37.3 Å². The van der Waals surface area contributed by atoms with Gasteiger partial charge >= 0.3 is 6.03 Å². The zero-order chi connectivity index (χ0) is 31.4. The van der Waals surface area contributed by atoms with E-state index in [2.05, 4.69) is 10.0 Å². The zero-order valence-corrected chi connectivity index (χ0v) is 25.5. The second-order valence-electron chi connectivity index (χ2n) is 11.0. The van der Waals surface area contributed by atoms with Gasteiger partial charge in [-0.15, -0.1) is 0 Å². The third-order valence-corrected chi connectivity index (χ3v) is 9.04. The molecule has 0 spiro atoms. The summed E-state index contributed by atoms with van der Waals surface area (Å²) in [4.78, 5) is 29.8. The van der Waals surface area contributed by atoms with E-state index in [0.29, 0.717) is 28.5 Å². The molecule has 3 aromatic carbocycles. The van der Waals surface area contributed by atoms with Crippen LogP contribution in [-0.4, -0.2) is 80.9 Å². The number of aliphatic hydroxyl groups excluding tert-OH is 1. The van der Waals surface area contributed by atoms with Gasteiger partial charge in [0.05, 0.1) is 30.5 Å². The maximum Gasteiger partial charge on any atom is 0.321 e. The third kappa shape index (κ3) is 7.00. The number of nitrogens with zero attached hydrogens (tertiary/aromatic N) is 2. The van der Waals surface area contributed by atoms with E-state index >= 15 is 0 Å². The lowest BCUT2D eigenvalue weighted by Gasteiger charge is -2.34. The smallest absolute Gasteiger partial charge is 0.321 e. The highest BCUT2D eigenvalue weighted by molar-refractivity contribution is 7.92. The van der Waals surface area contributed by atoms with Gasteiger partial charge in [-0.2, -0.15) is 0 Å². The van der Waals surface area contributed by atoms with Gasteiger partial charge in [0, 0.05) is 42.5 Å². The summed E-state index contributed by atoms with van der Waals surface area (Å²) < 4.78 is 45.7. The van der Waals surface area contributed by atoms with Crippen LogP contribution in [0.3, 0.4) is 0 Å². The van der Waals surface area contributed by atoms with Crippen molar-refractivity contribution in [3.05, 3.63) is 72.3 Å². The van der Waals surface area contributed by atoms with Gasteiger partial charge in [-0.3, -0.25) is 9.52 Å². The Morgan fingerprint density at radius 1 is 1.05 bits per heavy atom. The van der Waals surface area contributed by atoms with Crippen LogP contribution in [0.1, 0.15) is 19.4 Å². The molecular formula is C31H36N4O8S. The Bertz CT molecular complexity index is 1620. The van der Waals surface area contributed by atoms with Gasteiger partial charge in [0.2, 0.25) is 12.7 Å². The largest absolute Gasteiger partial charge is 0.488 e. The number of benzene rings is 3. The summed E-state index contributed by atoms with van der Waals surface area (Å²) in [6.45, 7) is 4.03. The van der Waals surface area contributed by atoms with Crippen LogP contribution in [0, 0.1) is 5.92 Å². The SMILES string of the molecule is C[C@@H]1CN([C@@H](C)CO)C(=O)Cc2cc(NS(=O)(=O)c3ccccc3)ccc2O[C@@H]1CN(C)C(=O)Nc1ccc2c(c1)OCO2. The first-order valence-electron chi connectivity index (χ1n) is 14.2. The van der Waals surface area contributed by atoms with E-state index in [-0.39, 0.29) is 61.3 Å². The first-order chi connectivity index (χ1) is 21.0. The Kier molecular flexibility index (Phi) is 9.16. The van der Waals surface area contributed by atoms with Crippen LogP contribution in [0.25, 0.3) is 0 Å². The molecule has 3 amide bonds. The van der Waals surface area contributed by atoms with E-state index < -0.39 is 22.2 Å². The summed E-state index contributed by atoms with van der Waals surface area (Å²) in [5, 5.41) is 12.8. The van der Waals surface area contributed by atoms with Crippen LogP contribution in [-0.2, 0) is 21.2 Å². The first-order valence-corrected chi connectivity index (χ1v) is 15.7. The topological polar surface area (TPSA) is 147 Å². The van der Waals surface area contributed by atoms with E-state index in [0.717, 1.165) is 0 Å². The molecule has 12 nitrogen and oxygen atoms in total. The number of anilines is 2. The van der Waals surface area contributed by atoms with Crippen LogP contribution in [0.5, 0.6) is 17.2 Å². The molecule has 2 aliphatic rings. The van der Waals surface area contributed by atoms with Crippen LogP contribution in [0.2, 0.25) is 0 Å². The number of hydrogen-bond donors (Lipinski definition) is 3. The maximum absolute atomic E-state index is 13.5. The molecule has 0 saturated heterocycles. The van der Waals surface area contributed by atoms with Gasteiger partial charge in [0.1, 0.15) is 11.9 Å². The second-order valence-corrected chi connectivity index (χ2v) is 12.7. The third-order valence-electron chi connectivity index (χ3n) is 7.65. The number of carbonyl (C=O) groups excluding carboxylic acids is 2. The Hall–Kier alpha value is -4.49. The van der Waals surface area contributed by atoms with Gasteiger partial charge in [-0.05, 0) is 49.4 Å². The maximum atomic E-state index is 13.5. The minimum atomic E-state index is -3.86. The van der Waals surface area contributed by atoms with Crippen molar-refractivity contribution in [3.63, 3.8) is 0 Å². The van der Waals surface area contributed by atoms with Crippen molar-refractivity contribution in [1.29, 1.82) is 0 Å². The summed E-state index contributed by atoms with van der Waals surface area (Å²) in [7, 11) is -2.22. The molecule has 0 unspecified atom stereocenters. The molecule has 44 heavy (non-hydrogen) atoms. The molecule has 0 fully saturated rings. The van der Waals surface area contributed by atoms with Gasteiger partial charge in [-0.25, -0.2) is 13.2 Å². The Labute approximate surface area is 256 Å². The lowest BCUT2D eigenvalue weighted by Crippen LogP contribution is -2.48. The molecule has 3 N–H and O–H groups in total. The second kappa shape index (κ2) is 13.0. The number of amides is 3. The molecule has 0 aliphatic carbocycles. The summed E-state index contributed by atoms with van der Waals surface area (Å²) in [5.41, 5.74) is 1.29. The van der Waals surface area contributed by atoms with Crippen molar-refractivity contribution < 1.29 is 37.3 Å². The zero-order valence-electron chi connectivity index (χ0n) is 24.7. The Morgan fingerprint density at radius 3 is 2.50 bits per heavy atom. The van der Waals surface area contributed by atoms with Crippen LogP contribution < -0.4 is 24.2 Å². The van der Waals surface area contributed by atoms with Crippen molar-refractivity contribution in [1.82, 2.24) is 9.80 Å². The quantitative estimate of drug-likeness (QED) is 0.345. The molecule has 0 radical (unpaired) electrons. The molecule has 0 saturated carbocycles. The normalized spacial score (nSPS) is 18.6. The highest BCUT2D eigenvalue weighted by Gasteiger charge is 2.32. The fourth-order valence-electron chi connectivity index (χ4n) is 5.07. The fraction of sp³-hybridized carbons (Fsp3) is 0.355. The molecule has 13 heteroatoms. The molecule has 0 bridgehead atoms. The van der Waals surface area contributed by atoms with Gasteiger partial charge in [0.25, 0.3) is 10.0 Å². The lowest BCUT2D eigenvalue weighted by molar-refractivity contribution is -0.134. The summed E-state index contributed by atoms with van der Waals surface area (Å²) in [5.74, 6) is 1.08. The highest BCUT2D eigenvalue weighted by Crippen LogP contribution is 2.34. The number of likely N-dealkylation sites (N-methyl/N-ethyl adjacent to an activating group) is 1. The molecular weight excluding hydrogens is 588 g/mol. The van der Waals surface area contributed by atoms with Gasteiger partial charge < -0.3 is 34.4 Å². The summed E-state index contributed by atoms with van der Waals surface area (Å²) >= 11 is 0. The summed E-state index contributed by atoms with van der Waals surface area (Å²) in [6, 6.07) is 17.1. The van der Waals surface area contributed by atoms with E-state index in [1.54, 1.807) is 73.5 Å². The number of ether oxygens (including phenoxy) is 3. The molecule has 234 valence electrons. The number of nitrogens with one attached hydrogen (secondary N) is 2. The molecule has 3 aromatic rings. The molecule has 0 aromatic heterocycles. The van der Waals surface area contributed by atoms with E-state index in [4.69, 9.17) is 14.2 Å². The van der Waals surface area contributed by atoms with Crippen LogP contribution >= 0.6 is 0 Å². The van der Waals surface area contributed by atoms with Crippen LogP contribution in [0.15, 0.2) is 71.6 Å². The van der Waals surface area contributed by atoms with Crippen molar-refractivity contribution >= 4 is 33.3 Å². The number of aliphatic hydroxyl groups is 1. The summed E-state index contributed by atoms with van der Waals surface area (Å²) in [6.07, 6.45) is -0.618. The predicted octanol–water partition coefficient (Wildman–Crippen LogP) is 3.53. The number of urea groups is 1. The monoisotopic (exact) mass is 624 g/mol. The number of carbonyl (C=O) groups is 2. The van der Waals surface area contributed by atoms with Crippen LogP contribution in [0.4, 0.5) is 16.2 Å². The average molecular weight is 625 g/mol. The van der Waals surface area contributed by atoms with Crippen molar-refractivity contribution in [2.75, 3.05) is 43.6 Å². The minimum absolute atomic E-state index is 0.0690. The first kappa shape index (κ1) is 31.0. The fourth-order valence-corrected chi connectivity index (χ4v) is 6.14. The molecule has 2 heterocycles.